The summed E-state index contributed by atoms with van der Waals surface area (Å²) in [5.74, 6) is 2.34. The van der Waals surface area contributed by atoms with Gasteiger partial charge >= 0.3 is 0 Å². The minimum Gasteiger partial charge on any atom is -0.346 e. The number of hydrogen-bond donors (Lipinski definition) is 2. The van der Waals surface area contributed by atoms with Gasteiger partial charge in [-0.1, -0.05) is 6.42 Å². The zero-order valence-corrected chi connectivity index (χ0v) is 12.0. The Labute approximate surface area is 119 Å². The summed E-state index contributed by atoms with van der Waals surface area (Å²) in [5, 5.41) is 11.4. The molecule has 3 N–H and O–H groups in total. The molecular weight excluding hydrogens is 254 g/mol. The van der Waals surface area contributed by atoms with Crippen LogP contribution in [0.25, 0.3) is 0 Å². The lowest BCUT2D eigenvalue weighted by atomic mass is 10.00. The maximum Gasteiger partial charge on any atom is 0.220 e. The van der Waals surface area contributed by atoms with Crippen molar-refractivity contribution in [2.75, 3.05) is 0 Å². The average Bonchev–Trinajstić information content (AvgIpc) is 3.06. The molecule has 1 saturated carbocycles. The van der Waals surface area contributed by atoms with Crippen molar-refractivity contribution in [3.05, 3.63) is 11.6 Å². The topological polar surface area (TPSA) is 85.8 Å². The quantitative estimate of drug-likeness (QED) is 0.857. The molecule has 2 aliphatic rings. The van der Waals surface area contributed by atoms with Crippen LogP contribution in [-0.2, 0) is 17.8 Å². The Bertz CT molecular complexity index is 498. The third-order valence-electron chi connectivity index (χ3n) is 4.57. The van der Waals surface area contributed by atoms with Crippen LogP contribution >= 0.6 is 0 Å². The Hall–Kier alpha value is -1.43. The van der Waals surface area contributed by atoms with Gasteiger partial charge in [0.15, 0.2) is 5.82 Å². The third-order valence-corrected chi connectivity index (χ3v) is 4.57. The normalized spacial score (nSPS) is 26.5. The van der Waals surface area contributed by atoms with Crippen LogP contribution in [0.15, 0.2) is 0 Å². The highest BCUT2D eigenvalue weighted by atomic mass is 16.1. The van der Waals surface area contributed by atoms with Crippen LogP contribution in [0.5, 0.6) is 0 Å². The summed E-state index contributed by atoms with van der Waals surface area (Å²) in [7, 11) is 0. The molecular formula is C14H23N5O. The predicted molar refractivity (Wildman–Crippen MR) is 74.8 cm³/mol. The minimum absolute atomic E-state index is 0.0789. The van der Waals surface area contributed by atoms with Gasteiger partial charge < -0.3 is 15.6 Å². The number of hydrogen-bond acceptors (Lipinski definition) is 4. The number of aromatic nitrogens is 3. The Balaban J connectivity index is 1.58. The first-order valence-corrected chi connectivity index (χ1v) is 7.62. The van der Waals surface area contributed by atoms with Crippen LogP contribution in [-0.4, -0.2) is 26.7 Å². The molecule has 3 rings (SSSR count). The zero-order chi connectivity index (χ0) is 14.1. The fourth-order valence-electron chi connectivity index (χ4n) is 3.42. The molecule has 0 bridgehead atoms. The molecule has 0 aromatic carbocycles. The fraction of sp³-hybridized carbons (Fsp3) is 0.786. The van der Waals surface area contributed by atoms with Crippen molar-refractivity contribution in [1.29, 1.82) is 0 Å². The zero-order valence-electron chi connectivity index (χ0n) is 12.0. The first-order valence-electron chi connectivity index (χ1n) is 7.62. The molecule has 6 heteroatoms. The summed E-state index contributed by atoms with van der Waals surface area (Å²) in [6.45, 7) is 2.94. The number of nitrogens with zero attached hydrogens (tertiary/aromatic N) is 3. The van der Waals surface area contributed by atoms with E-state index in [4.69, 9.17) is 5.73 Å². The van der Waals surface area contributed by atoms with Gasteiger partial charge in [-0.05, 0) is 32.1 Å². The number of fused-ring (bicyclic) bond motifs is 1. The maximum atomic E-state index is 12.1. The molecule has 1 unspecified atom stereocenters. The molecule has 1 aliphatic carbocycles. The molecule has 1 aromatic heterocycles. The number of nitrogens with two attached hydrogens (primary N) is 1. The molecule has 0 spiro atoms. The van der Waals surface area contributed by atoms with Crippen molar-refractivity contribution in [3.8, 4) is 0 Å². The van der Waals surface area contributed by atoms with E-state index in [1.165, 1.54) is 0 Å². The molecule has 1 amide bonds. The van der Waals surface area contributed by atoms with E-state index in [0.717, 1.165) is 50.3 Å². The SMILES string of the molecule is CC(NC(=O)C[C@@H]1CCC[C@H]1N)c1nnc2n1CCC2. The summed E-state index contributed by atoms with van der Waals surface area (Å²) in [6.07, 6.45) is 5.91. The number of amides is 1. The van der Waals surface area contributed by atoms with Crippen molar-refractivity contribution in [2.45, 2.75) is 64.1 Å². The first kappa shape index (κ1) is 13.5. The average molecular weight is 277 g/mol. The van der Waals surface area contributed by atoms with Crippen molar-refractivity contribution < 1.29 is 4.79 Å². The highest BCUT2D eigenvalue weighted by molar-refractivity contribution is 5.76. The number of nitrogens with one attached hydrogen (secondary N) is 1. The van der Waals surface area contributed by atoms with E-state index >= 15 is 0 Å². The van der Waals surface area contributed by atoms with Gasteiger partial charge in [-0.3, -0.25) is 4.79 Å². The van der Waals surface area contributed by atoms with E-state index < -0.39 is 0 Å². The number of rotatable bonds is 4. The second kappa shape index (κ2) is 5.52. The standard InChI is InChI=1S/C14H23N5O/c1-9(14-18-17-12-6-3-7-19(12)14)16-13(20)8-10-4-2-5-11(10)15/h9-11H,2-8,15H2,1H3,(H,16,20)/t9?,10-,11+/m0/s1. The lowest BCUT2D eigenvalue weighted by Gasteiger charge is -2.18. The summed E-state index contributed by atoms with van der Waals surface area (Å²) in [6, 6.07) is 0.105. The first-order chi connectivity index (χ1) is 9.65. The number of aryl methyl sites for hydroxylation is 1. The number of carbonyl (C=O) groups is 1. The highest BCUT2D eigenvalue weighted by Gasteiger charge is 2.27. The molecule has 20 heavy (non-hydrogen) atoms. The lowest BCUT2D eigenvalue weighted by molar-refractivity contribution is -0.122. The van der Waals surface area contributed by atoms with Gasteiger partial charge in [-0.2, -0.15) is 0 Å². The Morgan fingerprint density at radius 1 is 1.45 bits per heavy atom. The third kappa shape index (κ3) is 2.57. The van der Waals surface area contributed by atoms with Gasteiger partial charge in [-0.15, -0.1) is 10.2 Å². The largest absolute Gasteiger partial charge is 0.346 e. The summed E-state index contributed by atoms with van der Waals surface area (Å²) < 4.78 is 2.13. The lowest BCUT2D eigenvalue weighted by Crippen LogP contribution is -2.33. The molecule has 1 aromatic rings. The van der Waals surface area contributed by atoms with Crippen molar-refractivity contribution >= 4 is 5.91 Å². The summed E-state index contributed by atoms with van der Waals surface area (Å²) in [5.41, 5.74) is 6.02. The molecule has 1 aliphatic heterocycles. The van der Waals surface area contributed by atoms with Gasteiger partial charge in [0.2, 0.25) is 5.91 Å². The van der Waals surface area contributed by atoms with Crippen LogP contribution in [0, 0.1) is 5.92 Å². The van der Waals surface area contributed by atoms with Gasteiger partial charge in [-0.25, -0.2) is 0 Å². The van der Waals surface area contributed by atoms with E-state index in [2.05, 4.69) is 20.1 Å². The van der Waals surface area contributed by atoms with Crippen LogP contribution in [0.1, 0.15) is 56.7 Å². The Morgan fingerprint density at radius 2 is 2.30 bits per heavy atom. The molecule has 0 saturated heterocycles. The molecule has 110 valence electrons. The van der Waals surface area contributed by atoms with Crippen molar-refractivity contribution in [2.24, 2.45) is 11.7 Å². The van der Waals surface area contributed by atoms with Gasteiger partial charge in [0, 0.05) is 25.4 Å². The van der Waals surface area contributed by atoms with Gasteiger partial charge in [0.1, 0.15) is 5.82 Å². The maximum absolute atomic E-state index is 12.1. The van der Waals surface area contributed by atoms with Crippen molar-refractivity contribution in [1.82, 2.24) is 20.1 Å². The van der Waals surface area contributed by atoms with Gasteiger partial charge in [0.25, 0.3) is 0 Å². The van der Waals surface area contributed by atoms with Gasteiger partial charge in [0.05, 0.1) is 6.04 Å². The van der Waals surface area contributed by atoms with E-state index in [1.807, 2.05) is 6.92 Å². The predicted octanol–water partition coefficient (Wildman–Crippen LogP) is 0.919. The number of carbonyl (C=O) groups excluding carboxylic acids is 1. The van der Waals surface area contributed by atoms with Crippen LogP contribution in [0.2, 0.25) is 0 Å². The monoisotopic (exact) mass is 277 g/mol. The van der Waals surface area contributed by atoms with Crippen LogP contribution in [0.4, 0.5) is 0 Å². The molecule has 0 radical (unpaired) electrons. The van der Waals surface area contributed by atoms with E-state index in [1.54, 1.807) is 0 Å². The van der Waals surface area contributed by atoms with E-state index in [-0.39, 0.29) is 18.0 Å². The second-order valence-corrected chi connectivity index (χ2v) is 6.08. The van der Waals surface area contributed by atoms with Crippen LogP contribution < -0.4 is 11.1 Å². The van der Waals surface area contributed by atoms with Crippen LogP contribution in [0.3, 0.4) is 0 Å². The molecule has 6 nitrogen and oxygen atoms in total. The van der Waals surface area contributed by atoms with Crippen molar-refractivity contribution in [3.63, 3.8) is 0 Å². The summed E-state index contributed by atoms with van der Waals surface area (Å²) >= 11 is 0. The molecule has 1 fully saturated rings. The van der Waals surface area contributed by atoms with E-state index in [9.17, 15) is 4.79 Å². The molecule has 3 atom stereocenters. The molecule has 2 heterocycles. The smallest absolute Gasteiger partial charge is 0.220 e. The fourth-order valence-corrected chi connectivity index (χ4v) is 3.42. The second-order valence-electron chi connectivity index (χ2n) is 6.08. The minimum atomic E-state index is -0.0838. The highest BCUT2D eigenvalue weighted by Crippen LogP contribution is 2.27. The Morgan fingerprint density at radius 3 is 3.05 bits per heavy atom. The Kier molecular flexibility index (Phi) is 3.74. The van der Waals surface area contributed by atoms with E-state index in [0.29, 0.717) is 12.3 Å². The summed E-state index contributed by atoms with van der Waals surface area (Å²) in [4.78, 5) is 12.1.